The molecule has 0 N–H and O–H groups in total. The zero-order valence-electron chi connectivity index (χ0n) is 12.6. The highest BCUT2D eigenvalue weighted by Gasteiger charge is 2.45. The average molecular weight is 278 g/mol. The number of rotatable bonds is 5. The maximum atomic E-state index is 12.3. The molecule has 110 valence electrons. The number of carbonyl (C=O) groups is 4. The maximum absolute atomic E-state index is 12.3. The summed E-state index contributed by atoms with van der Waals surface area (Å²) >= 11 is 0. The van der Waals surface area contributed by atoms with Gasteiger partial charge in [-0.25, -0.2) is 0 Å². The van der Waals surface area contributed by atoms with E-state index in [9.17, 15) is 19.2 Å². The second-order valence-corrected chi connectivity index (χ2v) is 6.08. The van der Waals surface area contributed by atoms with Gasteiger partial charge in [0, 0.05) is 6.42 Å². The van der Waals surface area contributed by atoms with Crippen LogP contribution in [0.4, 0.5) is 0 Å². The van der Waals surface area contributed by atoms with E-state index in [-0.39, 0.29) is 30.3 Å². The van der Waals surface area contributed by atoms with Gasteiger partial charge in [-0.1, -0.05) is 25.5 Å². The van der Waals surface area contributed by atoms with E-state index in [1.54, 1.807) is 6.08 Å². The van der Waals surface area contributed by atoms with Crippen LogP contribution in [0.5, 0.6) is 0 Å². The van der Waals surface area contributed by atoms with Gasteiger partial charge < -0.3 is 0 Å². The van der Waals surface area contributed by atoms with E-state index in [0.29, 0.717) is 6.42 Å². The summed E-state index contributed by atoms with van der Waals surface area (Å²) in [5.74, 6) is -3.68. The van der Waals surface area contributed by atoms with Gasteiger partial charge in [-0.3, -0.25) is 19.2 Å². The summed E-state index contributed by atoms with van der Waals surface area (Å²) in [5.41, 5.74) is 1.01. The van der Waals surface area contributed by atoms with Crippen molar-refractivity contribution in [2.45, 2.75) is 47.0 Å². The van der Waals surface area contributed by atoms with E-state index in [0.717, 1.165) is 5.57 Å². The molecule has 0 heterocycles. The molecule has 1 aliphatic carbocycles. The fraction of sp³-hybridized carbons (Fsp3) is 0.625. The van der Waals surface area contributed by atoms with Crippen molar-refractivity contribution in [3.8, 4) is 0 Å². The Kier molecular flexibility index (Phi) is 5.54. The summed E-state index contributed by atoms with van der Waals surface area (Å²) in [6.07, 6.45) is 2.01. The molecule has 0 spiro atoms. The zero-order valence-corrected chi connectivity index (χ0v) is 12.6. The van der Waals surface area contributed by atoms with Crippen LogP contribution in [0, 0.1) is 17.8 Å². The minimum atomic E-state index is -1.22. The van der Waals surface area contributed by atoms with E-state index >= 15 is 0 Å². The number of carbonyl (C=O) groups excluding carboxylic acids is 4. The van der Waals surface area contributed by atoms with Gasteiger partial charge in [0.2, 0.25) is 0 Å². The van der Waals surface area contributed by atoms with E-state index in [1.165, 1.54) is 0 Å². The first-order chi connectivity index (χ1) is 9.23. The third-order valence-corrected chi connectivity index (χ3v) is 3.38. The van der Waals surface area contributed by atoms with Gasteiger partial charge in [0.1, 0.15) is 5.92 Å². The van der Waals surface area contributed by atoms with Crippen molar-refractivity contribution in [3.63, 3.8) is 0 Å². The van der Waals surface area contributed by atoms with Crippen molar-refractivity contribution in [1.29, 1.82) is 0 Å². The smallest absolute Gasteiger partial charge is 0.161 e. The van der Waals surface area contributed by atoms with Crippen LogP contribution in [0.1, 0.15) is 47.0 Å². The van der Waals surface area contributed by atoms with Crippen LogP contribution in [0.3, 0.4) is 0 Å². The molecule has 4 nitrogen and oxygen atoms in total. The highest BCUT2D eigenvalue weighted by Crippen LogP contribution is 2.26. The molecule has 2 atom stereocenters. The molecule has 1 fully saturated rings. The predicted octanol–water partition coefficient (Wildman–Crippen LogP) is 2.30. The Balaban J connectivity index is 2.93. The van der Waals surface area contributed by atoms with Gasteiger partial charge in [-0.05, 0) is 26.2 Å². The number of ketones is 4. The third kappa shape index (κ3) is 3.95. The topological polar surface area (TPSA) is 68.3 Å². The van der Waals surface area contributed by atoms with Crippen molar-refractivity contribution in [2.24, 2.45) is 17.8 Å². The minimum absolute atomic E-state index is 0.0944. The minimum Gasteiger partial charge on any atom is -0.298 e. The molecule has 0 amide bonds. The Morgan fingerprint density at radius 1 is 1.20 bits per heavy atom. The Bertz CT molecular complexity index is 467. The van der Waals surface area contributed by atoms with Crippen molar-refractivity contribution in [3.05, 3.63) is 11.6 Å². The summed E-state index contributed by atoms with van der Waals surface area (Å²) < 4.78 is 0. The van der Waals surface area contributed by atoms with E-state index < -0.39 is 23.4 Å². The second-order valence-electron chi connectivity index (χ2n) is 6.08. The molecular weight excluding hydrogens is 256 g/mol. The molecule has 20 heavy (non-hydrogen) atoms. The fourth-order valence-corrected chi connectivity index (χ4v) is 2.38. The zero-order chi connectivity index (χ0) is 15.4. The molecule has 4 heteroatoms. The summed E-state index contributed by atoms with van der Waals surface area (Å²) in [6.45, 7) is 7.48. The molecule has 0 aliphatic heterocycles. The highest BCUT2D eigenvalue weighted by molar-refractivity contribution is 6.30. The highest BCUT2D eigenvalue weighted by atomic mass is 16.2. The monoisotopic (exact) mass is 278 g/mol. The number of hydrogen-bond donors (Lipinski definition) is 0. The molecule has 0 bridgehead atoms. The van der Waals surface area contributed by atoms with Gasteiger partial charge >= 0.3 is 0 Å². The molecule has 2 unspecified atom stereocenters. The van der Waals surface area contributed by atoms with Crippen molar-refractivity contribution in [2.75, 3.05) is 0 Å². The molecular formula is C16H22O4. The summed E-state index contributed by atoms with van der Waals surface area (Å²) in [7, 11) is 0. The molecule has 0 aromatic rings. The molecule has 0 saturated heterocycles. The van der Waals surface area contributed by atoms with Gasteiger partial charge in [-0.15, -0.1) is 0 Å². The third-order valence-electron chi connectivity index (χ3n) is 3.38. The molecule has 1 aliphatic rings. The van der Waals surface area contributed by atoms with Gasteiger partial charge in [-0.2, -0.15) is 0 Å². The second kappa shape index (κ2) is 6.73. The number of allylic oxidation sites excluding steroid dienone is 2. The lowest BCUT2D eigenvalue weighted by atomic mass is 9.74. The summed E-state index contributed by atoms with van der Waals surface area (Å²) in [5, 5.41) is 0. The Morgan fingerprint density at radius 2 is 1.80 bits per heavy atom. The van der Waals surface area contributed by atoms with E-state index in [1.807, 2.05) is 27.7 Å². The Hall–Kier alpha value is -1.58. The van der Waals surface area contributed by atoms with Crippen LogP contribution in [0.15, 0.2) is 11.6 Å². The molecule has 0 aromatic heterocycles. The lowest BCUT2D eigenvalue weighted by Gasteiger charge is -2.24. The van der Waals surface area contributed by atoms with Crippen molar-refractivity contribution >= 4 is 23.1 Å². The first-order valence-corrected chi connectivity index (χ1v) is 6.99. The van der Waals surface area contributed by atoms with Crippen LogP contribution in [-0.4, -0.2) is 23.1 Å². The SMILES string of the molecule is CC(C)=CCC1C(=O)CC(=O)C(C(=O)CC(C)C)C1=O. The number of Topliss-reactive ketones (excluding diaryl/α,β-unsaturated/α-hetero) is 4. The molecule has 0 radical (unpaired) electrons. The van der Waals surface area contributed by atoms with Crippen LogP contribution < -0.4 is 0 Å². The number of hydrogen-bond acceptors (Lipinski definition) is 4. The standard InChI is InChI=1S/C16H22O4/c1-9(2)5-6-11-12(17)8-14(19)15(16(11)20)13(18)7-10(3)4/h5,10-11,15H,6-8H2,1-4H3. The summed E-state index contributed by atoms with van der Waals surface area (Å²) in [4.78, 5) is 48.0. The van der Waals surface area contributed by atoms with Crippen LogP contribution >= 0.6 is 0 Å². The van der Waals surface area contributed by atoms with Crippen molar-refractivity contribution < 1.29 is 19.2 Å². The van der Waals surface area contributed by atoms with Crippen LogP contribution in [0.2, 0.25) is 0 Å². The Labute approximate surface area is 119 Å². The Morgan fingerprint density at radius 3 is 2.30 bits per heavy atom. The molecule has 0 aromatic carbocycles. The van der Waals surface area contributed by atoms with E-state index in [2.05, 4.69) is 0 Å². The summed E-state index contributed by atoms with van der Waals surface area (Å²) in [6, 6.07) is 0. The molecule has 1 saturated carbocycles. The average Bonchev–Trinajstić information content (AvgIpc) is 2.26. The normalized spacial score (nSPS) is 23.1. The van der Waals surface area contributed by atoms with Gasteiger partial charge in [0.15, 0.2) is 23.1 Å². The van der Waals surface area contributed by atoms with Crippen LogP contribution in [-0.2, 0) is 19.2 Å². The fourth-order valence-electron chi connectivity index (χ4n) is 2.38. The van der Waals surface area contributed by atoms with Crippen molar-refractivity contribution in [1.82, 2.24) is 0 Å². The van der Waals surface area contributed by atoms with E-state index in [4.69, 9.17) is 0 Å². The maximum Gasteiger partial charge on any atom is 0.161 e. The lowest BCUT2D eigenvalue weighted by molar-refractivity contribution is -0.148. The first-order valence-electron chi connectivity index (χ1n) is 6.99. The quantitative estimate of drug-likeness (QED) is 0.571. The van der Waals surface area contributed by atoms with Gasteiger partial charge in [0.25, 0.3) is 0 Å². The predicted molar refractivity (Wildman–Crippen MR) is 75.1 cm³/mol. The lowest BCUT2D eigenvalue weighted by Crippen LogP contribution is -2.45. The molecule has 1 rings (SSSR count). The van der Waals surface area contributed by atoms with Crippen LogP contribution in [0.25, 0.3) is 0 Å². The van der Waals surface area contributed by atoms with Gasteiger partial charge in [0.05, 0.1) is 12.3 Å². The first kappa shape index (κ1) is 16.5. The largest absolute Gasteiger partial charge is 0.298 e.